The molecule has 1 heterocycles. The van der Waals surface area contributed by atoms with Crippen molar-refractivity contribution < 1.29 is 0 Å². The molecule has 1 N–H and O–H groups in total. The maximum atomic E-state index is 8.80. The van der Waals surface area contributed by atoms with Crippen molar-refractivity contribution in [3.63, 3.8) is 0 Å². The first-order valence-corrected chi connectivity index (χ1v) is 5.47. The summed E-state index contributed by atoms with van der Waals surface area (Å²) in [4.78, 5) is 4.13. The molecule has 3 nitrogen and oxygen atoms in total. The fraction of sp³-hybridized carbons (Fsp3) is 0.0769. The number of nitrogens with zero attached hydrogens (tertiary/aromatic N) is 2. The number of aromatic nitrogens is 1. The minimum Gasteiger partial charge on any atom is -0.339 e. The Morgan fingerprint density at radius 2 is 2.18 bits per heavy atom. The fourth-order valence-electron chi connectivity index (χ4n) is 1.45. The van der Waals surface area contributed by atoms with Crippen LogP contribution in [-0.2, 0) is 0 Å². The number of hydrogen-bond donors (Lipinski definition) is 1. The van der Waals surface area contributed by atoms with E-state index in [9.17, 15) is 0 Å². The monoisotopic (exact) mass is 243 g/mol. The minimum absolute atomic E-state index is 0.561. The second-order valence-electron chi connectivity index (χ2n) is 3.60. The smallest absolute Gasteiger partial charge is 0.131 e. The Bertz CT molecular complexity index is 587. The van der Waals surface area contributed by atoms with Gasteiger partial charge in [0.2, 0.25) is 0 Å². The zero-order valence-corrected chi connectivity index (χ0v) is 9.99. The molecule has 0 atom stereocenters. The molecule has 0 amide bonds. The zero-order valence-electron chi connectivity index (χ0n) is 9.24. The molecule has 2 aromatic rings. The highest BCUT2D eigenvalue weighted by Gasteiger charge is 2.04. The van der Waals surface area contributed by atoms with Gasteiger partial charge in [0.05, 0.1) is 22.3 Å². The van der Waals surface area contributed by atoms with E-state index in [2.05, 4.69) is 16.4 Å². The van der Waals surface area contributed by atoms with E-state index < -0.39 is 0 Å². The first-order chi connectivity index (χ1) is 8.20. The van der Waals surface area contributed by atoms with Crippen molar-refractivity contribution >= 4 is 23.1 Å². The molecule has 17 heavy (non-hydrogen) atoms. The van der Waals surface area contributed by atoms with Gasteiger partial charge in [-0.15, -0.1) is 0 Å². The summed E-state index contributed by atoms with van der Waals surface area (Å²) in [5.41, 5.74) is 2.34. The molecule has 0 saturated carbocycles. The third-order valence-electron chi connectivity index (χ3n) is 2.34. The van der Waals surface area contributed by atoms with E-state index in [-0.39, 0.29) is 0 Å². The number of aryl methyl sites for hydroxylation is 1. The van der Waals surface area contributed by atoms with Gasteiger partial charge in [0.15, 0.2) is 0 Å². The van der Waals surface area contributed by atoms with E-state index in [4.69, 9.17) is 16.9 Å². The van der Waals surface area contributed by atoms with Crippen molar-refractivity contribution in [3.05, 3.63) is 52.7 Å². The zero-order chi connectivity index (χ0) is 12.3. The first kappa shape index (κ1) is 11.4. The summed E-state index contributed by atoms with van der Waals surface area (Å²) in [5, 5.41) is 12.6. The normalized spacial score (nSPS) is 9.71. The number of pyridine rings is 1. The van der Waals surface area contributed by atoms with Crippen LogP contribution in [0.15, 0.2) is 36.5 Å². The highest BCUT2D eigenvalue weighted by atomic mass is 35.5. The molecule has 4 heteroatoms. The molecular formula is C13H10ClN3. The second kappa shape index (κ2) is 4.86. The Labute approximate surface area is 105 Å². The van der Waals surface area contributed by atoms with E-state index in [0.717, 1.165) is 11.3 Å². The quantitative estimate of drug-likeness (QED) is 0.876. The summed E-state index contributed by atoms with van der Waals surface area (Å²) >= 11 is 6.16. The number of hydrogen-bond acceptors (Lipinski definition) is 3. The van der Waals surface area contributed by atoms with E-state index >= 15 is 0 Å². The second-order valence-corrected chi connectivity index (χ2v) is 3.98. The average Bonchev–Trinajstić information content (AvgIpc) is 2.35. The van der Waals surface area contributed by atoms with Gasteiger partial charge in [0.1, 0.15) is 5.82 Å². The van der Waals surface area contributed by atoms with Crippen LogP contribution in [0, 0.1) is 18.3 Å². The Kier molecular flexibility index (Phi) is 3.27. The predicted molar refractivity (Wildman–Crippen MR) is 68.4 cm³/mol. The van der Waals surface area contributed by atoms with Crippen LogP contribution in [0.4, 0.5) is 11.5 Å². The van der Waals surface area contributed by atoms with E-state index in [1.54, 1.807) is 18.3 Å². The van der Waals surface area contributed by atoms with Crippen molar-refractivity contribution in [2.75, 3.05) is 5.32 Å². The van der Waals surface area contributed by atoms with Crippen molar-refractivity contribution in [1.29, 1.82) is 5.26 Å². The van der Waals surface area contributed by atoms with Crippen LogP contribution in [0.5, 0.6) is 0 Å². The summed E-state index contributed by atoms with van der Waals surface area (Å²) in [6.07, 6.45) is 1.59. The van der Waals surface area contributed by atoms with Crippen LogP contribution in [0.3, 0.4) is 0 Å². The molecule has 1 aromatic carbocycles. The first-order valence-electron chi connectivity index (χ1n) is 5.09. The van der Waals surface area contributed by atoms with Crippen LogP contribution >= 0.6 is 11.6 Å². The molecule has 0 saturated heterocycles. The Morgan fingerprint density at radius 3 is 2.94 bits per heavy atom. The maximum absolute atomic E-state index is 8.80. The summed E-state index contributed by atoms with van der Waals surface area (Å²) in [6.45, 7) is 1.94. The summed E-state index contributed by atoms with van der Waals surface area (Å²) in [7, 11) is 0. The lowest BCUT2D eigenvalue weighted by molar-refractivity contribution is 1.29. The average molecular weight is 244 g/mol. The minimum atomic E-state index is 0.561. The number of rotatable bonds is 2. The highest BCUT2D eigenvalue weighted by Crippen LogP contribution is 2.27. The van der Waals surface area contributed by atoms with Crippen molar-refractivity contribution in [2.24, 2.45) is 0 Å². The highest BCUT2D eigenvalue weighted by molar-refractivity contribution is 6.34. The van der Waals surface area contributed by atoms with Gasteiger partial charge in [-0.05, 0) is 30.7 Å². The number of halogens is 1. The largest absolute Gasteiger partial charge is 0.339 e. The van der Waals surface area contributed by atoms with Crippen LogP contribution in [0.2, 0.25) is 5.02 Å². The third kappa shape index (κ3) is 2.55. The SMILES string of the molecule is Cc1cccc(Nc2cc(C#N)ccn2)c1Cl. The number of nitriles is 1. The molecule has 2 rings (SSSR count). The van der Waals surface area contributed by atoms with Crippen LogP contribution in [-0.4, -0.2) is 4.98 Å². The van der Waals surface area contributed by atoms with Crippen LogP contribution in [0.1, 0.15) is 11.1 Å². The van der Waals surface area contributed by atoms with Crippen molar-refractivity contribution in [3.8, 4) is 6.07 Å². The third-order valence-corrected chi connectivity index (χ3v) is 2.85. The lowest BCUT2D eigenvalue weighted by Gasteiger charge is -2.09. The predicted octanol–water partition coefficient (Wildman–Crippen LogP) is 3.66. The maximum Gasteiger partial charge on any atom is 0.131 e. The molecule has 84 valence electrons. The van der Waals surface area contributed by atoms with Crippen LogP contribution in [0.25, 0.3) is 0 Å². The molecule has 0 unspecified atom stereocenters. The van der Waals surface area contributed by atoms with Gasteiger partial charge < -0.3 is 5.32 Å². The number of benzene rings is 1. The van der Waals surface area contributed by atoms with Gasteiger partial charge >= 0.3 is 0 Å². The summed E-state index contributed by atoms with van der Waals surface area (Å²) < 4.78 is 0. The lowest BCUT2D eigenvalue weighted by Crippen LogP contribution is -1.95. The molecular weight excluding hydrogens is 234 g/mol. The van der Waals surface area contributed by atoms with Gasteiger partial charge in [-0.2, -0.15) is 5.26 Å². The Balaban J connectivity index is 2.32. The molecule has 0 aliphatic rings. The standard InChI is InChI=1S/C13H10ClN3/c1-9-3-2-4-11(13(9)14)17-12-7-10(8-15)5-6-16-12/h2-7H,1H3,(H,16,17). The van der Waals surface area contributed by atoms with E-state index in [1.165, 1.54) is 0 Å². The van der Waals surface area contributed by atoms with Crippen molar-refractivity contribution in [2.45, 2.75) is 6.92 Å². The summed E-state index contributed by atoms with van der Waals surface area (Å²) in [5.74, 6) is 0.608. The molecule has 0 aliphatic carbocycles. The van der Waals surface area contributed by atoms with Gasteiger partial charge in [0.25, 0.3) is 0 Å². The summed E-state index contributed by atoms with van der Waals surface area (Å²) in [6, 6.07) is 11.1. The lowest BCUT2D eigenvalue weighted by atomic mass is 10.2. The fourth-order valence-corrected chi connectivity index (χ4v) is 1.62. The number of anilines is 2. The van der Waals surface area contributed by atoms with Gasteiger partial charge in [-0.1, -0.05) is 23.7 Å². The molecule has 0 fully saturated rings. The number of nitrogens with one attached hydrogen (secondary N) is 1. The van der Waals surface area contributed by atoms with Gasteiger partial charge in [0, 0.05) is 6.20 Å². The van der Waals surface area contributed by atoms with Crippen molar-refractivity contribution in [1.82, 2.24) is 4.98 Å². The topological polar surface area (TPSA) is 48.7 Å². The van der Waals surface area contributed by atoms with Gasteiger partial charge in [-0.3, -0.25) is 0 Å². The van der Waals surface area contributed by atoms with E-state index in [0.29, 0.717) is 16.4 Å². The molecule has 0 aliphatic heterocycles. The van der Waals surface area contributed by atoms with Crippen LogP contribution < -0.4 is 5.32 Å². The van der Waals surface area contributed by atoms with E-state index in [1.807, 2.05) is 25.1 Å². The molecule has 0 bridgehead atoms. The Hall–Kier alpha value is -2.05. The molecule has 0 spiro atoms. The molecule has 0 radical (unpaired) electrons. The van der Waals surface area contributed by atoms with Gasteiger partial charge in [-0.25, -0.2) is 4.98 Å². The molecule has 1 aromatic heterocycles. The Morgan fingerprint density at radius 1 is 1.35 bits per heavy atom.